The number of benzene rings is 1. The molecule has 1 aromatic heterocycles. The molecule has 0 aliphatic rings. The molecule has 0 aliphatic heterocycles. The zero-order chi connectivity index (χ0) is 12.4. The summed E-state index contributed by atoms with van der Waals surface area (Å²) in [5, 5.41) is 10.7. The van der Waals surface area contributed by atoms with Gasteiger partial charge in [0.05, 0.1) is 10.6 Å². The summed E-state index contributed by atoms with van der Waals surface area (Å²) in [6.07, 6.45) is -0.605. The average Bonchev–Trinajstić information content (AvgIpc) is 2.71. The zero-order valence-corrected chi connectivity index (χ0v) is 10.8. The molecule has 0 saturated carbocycles. The minimum atomic E-state index is -0.605. The van der Waals surface area contributed by atoms with E-state index >= 15 is 0 Å². The number of aliphatic hydroxyl groups is 1. The lowest BCUT2D eigenvalue weighted by Gasteiger charge is -2.03. The second-order valence-electron chi connectivity index (χ2n) is 4.09. The van der Waals surface area contributed by atoms with E-state index in [4.69, 9.17) is 5.73 Å². The van der Waals surface area contributed by atoms with Crippen molar-refractivity contribution in [3.05, 3.63) is 40.4 Å². The van der Waals surface area contributed by atoms with Crippen LogP contribution in [0.1, 0.15) is 22.2 Å². The van der Waals surface area contributed by atoms with Crippen LogP contribution in [0.5, 0.6) is 0 Å². The molecule has 3 N–H and O–H groups in total. The molecular weight excluding hydrogens is 232 g/mol. The molecule has 0 fully saturated rings. The number of nitrogens with zero attached hydrogens (tertiary/aromatic N) is 1. The second kappa shape index (κ2) is 4.96. The summed E-state index contributed by atoms with van der Waals surface area (Å²) in [6.45, 7) is 4.19. The maximum atomic E-state index is 9.76. The lowest BCUT2D eigenvalue weighted by Crippen LogP contribution is -2.10. The first-order valence-corrected chi connectivity index (χ1v) is 6.36. The summed E-state index contributed by atoms with van der Waals surface area (Å²) in [7, 11) is 0. The van der Waals surface area contributed by atoms with Crippen molar-refractivity contribution in [1.82, 2.24) is 4.98 Å². The van der Waals surface area contributed by atoms with Gasteiger partial charge in [0.25, 0.3) is 0 Å². The lowest BCUT2D eigenvalue weighted by molar-refractivity contribution is 0.189. The summed E-state index contributed by atoms with van der Waals surface area (Å²) in [5.41, 5.74) is 8.64. The molecule has 0 saturated heterocycles. The predicted octanol–water partition coefficient (Wildman–Crippen LogP) is 2.42. The van der Waals surface area contributed by atoms with Crippen LogP contribution >= 0.6 is 11.3 Å². The molecular formula is C13H16N2OS. The molecule has 1 unspecified atom stereocenters. The van der Waals surface area contributed by atoms with Crippen molar-refractivity contribution in [3.63, 3.8) is 0 Å². The van der Waals surface area contributed by atoms with Gasteiger partial charge in [0, 0.05) is 12.1 Å². The van der Waals surface area contributed by atoms with E-state index in [9.17, 15) is 5.11 Å². The van der Waals surface area contributed by atoms with Gasteiger partial charge in [-0.3, -0.25) is 0 Å². The van der Waals surface area contributed by atoms with Crippen molar-refractivity contribution in [1.29, 1.82) is 0 Å². The summed E-state index contributed by atoms with van der Waals surface area (Å²) in [4.78, 5) is 5.35. The van der Waals surface area contributed by atoms with Crippen LogP contribution in [0.2, 0.25) is 0 Å². The number of nitrogens with two attached hydrogens (primary N) is 1. The Labute approximate surface area is 105 Å². The van der Waals surface area contributed by atoms with Crippen molar-refractivity contribution in [2.45, 2.75) is 20.0 Å². The van der Waals surface area contributed by atoms with E-state index in [2.05, 4.69) is 24.0 Å². The molecule has 1 aromatic carbocycles. The summed E-state index contributed by atoms with van der Waals surface area (Å²) < 4.78 is 0. The van der Waals surface area contributed by atoms with Crippen LogP contribution in [0, 0.1) is 13.8 Å². The standard InChI is InChI=1S/C13H16N2OS/c1-8-3-5-10(6-4-8)13-15-9(2)12(17-13)11(16)7-14/h3-6,11,16H,7,14H2,1-2H3. The van der Waals surface area contributed by atoms with Gasteiger partial charge in [-0.05, 0) is 13.8 Å². The second-order valence-corrected chi connectivity index (χ2v) is 5.12. The summed E-state index contributed by atoms with van der Waals surface area (Å²) >= 11 is 1.51. The largest absolute Gasteiger partial charge is 0.386 e. The van der Waals surface area contributed by atoms with E-state index < -0.39 is 6.10 Å². The van der Waals surface area contributed by atoms with E-state index in [-0.39, 0.29) is 6.54 Å². The molecule has 2 rings (SSSR count). The molecule has 0 aliphatic carbocycles. The minimum Gasteiger partial charge on any atom is -0.386 e. The average molecular weight is 248 g/mol. The molecule has 0 radical (unpaired) electrons. The fourth-order valence-electron chi connectivity index (χ4n) is 1.64. The Bertz CT molecular complexity index is 505. The number of aryl methyl sites for hydroxylation is 2. The quantitative estimate of drug-likeness (QED) is 0.877. The van der Waals surface area contributed by atoms with E-state index in [0.717, 1.165) is 21.1 Å². The van der Waals surface area contributed by atoms with Crippen molar-refractivity contribution in [2.24, 2.45) is 5.73 Å². The highest BCUT2D eigenvalue weighted by atomic mass is 32.1. The molecule has 90 valence electrons. The fourth-order valence-corrected chi connectivity index (χ4v) is 2.71. The van der Waals surface area contributed by atoms with Gasteiger partial charge in [0.2, 0.25) is 0 Å². The maximum Gasteiger partial charge on any atom is 0.123 e. The molecule has 1 atom stereocenters. The van der Waals surface area contributed by atoms with Crippen LogP contribution in [0.25, 0.3) is 10.6 Å². The van der Waals surface area contributed by atoms with E-state index in [1.54, 1.807) is 0 Å². The van der Waals surface area contributed by atoms with Crippen LogP contribution in [0.3, 0.4) is 0 Å². The van der Waals surface area contributed by atoms with Crippen molar-refractivity contribution in [3.8, 4) is 10.6 Å². The van der Waals surface area contributed by atoms with Crippen molar-refractivity contribution in [2.75, 3.05) is 6.54 Å². The van der Waals surface area contributed by atoms with Crippen molar-refractivity contribution < 1.29 is 5.11 Å². The zero-order valence-electron chi connectivity index (χ0n) is 9.97. The van der Waals surface area contributed by atoms with Crippen LogP contribution < -0.4 is 5.73 Å². The van der Waals surface area contributed by atoms with Gasteiger partial charge >= 0.3 is 0 Å². The van der Waals surface area contributed by atoms with Gasteiger partial charge < -0.3 is 10.8 Å². The van der Waals surface area contributed by atoms with Gasteiger partial charge in [-0.2, -0.15) is 0 Å². The topological polar surface area (TPSA) is 59.1 Å². The molecule has 3 nitrogen and oxygen atoms in total. The highest BCUT2D eigenvalue weighted by Crippen LogP contribution is 2.31. The smallest absolute Gasteiger partial charge is 0.123 e. The maximum absolute atomic E-state index is 9.76. The first kappa shape index (κ1) is 12.2. The van der Waals surface area contributed by atoms with Crippen LogP contribution in [-0.4, -0.2) is 16.6 Å². The Morgan fingerprint density at radius 2 is 1.94 bits per heavy atom. The molecule has 1 heterocycles. The highest BCUT2D eigenvalue weighted by Gasteiger charge is 2.15. The predicted molar refractivity (Wildman–Crippen MR) is 71.0 cm³/mol. The highest BCUT2D eigenvalue weighted by molar-refractivity contribution is 7.15. The number of aliphatic hydroxyl groups excluding tert-OH is 1. The third-order valence-corrected chi connectivity index (χ3v) is 3.96. The van der Waals surface area contributed by atoms with Gasteiger partial charge in [0.1, 0.15) is 11.1 Å². The van der Waals surface area contributed by atoms with Crippen molar-refractivity contribution >= 4 is 11.3 Å². The first-order chi connectivity index (χ1) is 8.11. The molecule has 2 aromatic rings. The Kier molecular flexibility index (Phi) is 3.57. The van der Waals surface area contributed by atoms with Gasteiger partial charge in [-0.25, -0.2) is 4.98 Å². The Balaban J connectivity index is 2.37. The Morgan fingerprint density at radius 1 is 1.29 bits per heavy atom. The normalized spacial score (nSPS) is 12.7. The van der Waals surface area contributed by atoms with Crippen LogP contribution in [0.4, 0.5) is 0 Å². The number of hydrogen-bond acceptors (Lipinski definition) is 4. The van der Waals surface area contributed by atoms with E-state index in [1.807, 2.05) is 19.1 Å². The molecule has 0 spiro atoms. The SMILES string of the molecule is Cc1ccc(-c2nc(C)c(C(O)CN)s2)cc1. The molecule has 4 heteroatoms. The first-order valence-electron chi connectivity index (χ1n) is 5.54. The third kappa shape index (κ3) is 2.54. The Morgan fingerprint density at radius 3 is 2.53 bits per heavy atom. The van der Waals surface area contributed by atoms with Crippen LogP contribution in [0.15, 0.2) is 24.3 Å². The Hall–Kier alpha value is -1.23. The van der Waals surface area contributed by atoms with Gasteiger partial charge in [0.15, 0.2) is 0 Å². The summed E-state index contributed by atoms with van der Waals surface area (Å²) in [6, 6.07) is 8.22. The van der Waals surface area contributed by atoms with Gasteiger partial charge in [-0.15, -0.1) is 11.3 Å². The third-order valence-electron chi connectivity index (χ3n) is 2.66. The number of aromatic nitrogens is 1. The fraction of sp³-hybridized carbons (Fsp3) is 0.308. The molecule has 17 heavy (non-hydrogen) atoms. The van der Waals surface area contributed by atoms with Crippen LogP contribution in [-0.2, 0) is 0 Å². The monoisotopic (exact) mass is 248 g/mol. The van der Waals surface area contributed by atoms with E-state index in [1.165, 1.54) is 16.9 Å². The summed E-state index contributed by atoms with van der Waals surface area (Å²) in [5.74, 6) is 0. The lowest BCUT2D eigenvalue weighted by atomic mass is 10.2. The van der Waals surface area contributed by atoms with E-state index in [0.29, 0.717) is 0 Å². The minimum absolute atomic E-state index is 0.233. The number of hydrogen-bond donors (Lipinski definition) is 2. The number of thiazole rings is 1. The number of rotatable bonds is 3. The molecule has 0 bridgehead atoms. The molecule has 0 amide bonds. The van der Waals surface area contributed by atoms with Gasteiger partial charge in [-0.1, -0.05) is 29.8 Å².